The van der Waals surface area contributed by atoms with E-state index in [1.807, 2.05) is 13.0 Å². The minimum absolute atomic E-state index is 0.236. The van der Waals surface area contributed by atoms with Crippen molar-refractivity contribution < 1.29 is 5.11 Å². The third-order valence-corrected chi connectivity index (χ3v) is 3.90. The molecule has 18 heavy (non-hydrogen) atoms. The lowest BCUT2D eigenvalue weighted by molar-refractivity contribution is 0.172. The molecule has 1 aromatic rings. The lowest BCUT2D eigenvalue weighted by atomic mass is 9.93. The second-order valence-electron chi connectivity index (χ2n) is 5.58. The molecule has 2 nitrogen and oxygen atoms in total. The van der Waals surface area contributed by atoms with E-state index in [0.717, 1.165) is 13.0 Å². The van der Waals surface area contributed by atoms with Crippen molar-refractivity contribution in [2.24, 2.45) is 0 Å². The Morgan fingerprint density at radius 2 is 1.89 bits per heavy atom. The van der Waals surface area contributed by atoms with Crippen LogP contribution in [-0.4, -0.2) is 23.8 Å². The maximum Gasteiger partial charge on any atom is 0.0518 e. The normalized spacial score (nSPS) is 19.9. The van der Waals surface area contributed by atoms with E-state index in [-0.39, 0.29) is 6.10 Å². The van der Waals surface area contributed by atoms with Crippen molar-refractivity contribution in [1.29, 1.82) is 0 Å². The minimum atomic E-state index is -0.236. The van der Waals surface area contributed by atoms with Crippen LogP contribution in [0.1, 0.15) is 50.5 Å². The van der Waals surface area contributed by atoms with Gasteiger partial charge >= 0.3 is 0 Å². The van der Waals surface area contributed by atoms with Gasteiger partial charge in [-0.1, -0.05) is 43.2 Å². The van der Waals surface area contributed by atoms with Gasteiger partial charge in [0.2, 0.25) is 0 Å². The molecule has 1 aliphatic carbocycles. The van der Waals surface area contributed by atoms with E-state index in [1.54, 1.807) is 0 Å². The van der Waals surface area contributed by atoms with Gasteiger partial charge in [-0.3, -0.25) is 0 Å². The first kappa shape index (κ1) is 13.6. The molecule has 0 aliphatic heterocycles. The summed E-state index contributed by atoms with van der Waals surface area (Å²) in [4.78, 5) is 0. The second kappa shape index (κ2) is 6.91. The van der Waals surface area contributed by atoms with Crippen LogP contribution in [0.4, 0.5) is 0 Å². The zero-order valence-corrected chi connectivity index (χ0v) is 11.3. The summed E-state index contributed by atoms with van der Waals surface area (Å²) >= 11 is 0. The standard InChI is InChI=1S/C16H25NO/c1-13(18)11-15(14-7-3-2-4-8-14)12-17-16-9-5-6-10-16/h2-4,7-8,13,15-18H,5-6,9-12H2,1H3. The SMILES string of the molecule is CC(O)CC(CNC1CCCC1)c1ccccc1. The highest BCUT2D eigenvalue weighted by Gasteiger charge is 2.18. The summed E-state index contributed by atoms with van der Waals surface area (Å²) in [6, 6.07) is 11.3. The largest absolute Gasteiger partial charge is 0.393 e. The fourth-order valence-electron chi connectivity index (χ4n) is 2.91. The van der Waals surface area contributed by atoms with E-state index in [1.165, 1.54) is 31.2 Å². The maximum absolute atomic E-state index is 9.65. The molecular weight excluding hydrogens is 222 g/mol. The fourth-order valence-corrected chi connectivity index (χ4v) is 2.91. The number of aliphatic hydroxyl groups excluding tert-OH is 1. The molecule has 1 fully saturated rings. The number of benzene rings is 1. The zero-order chi connectivity index (χ0) is 12.8. The number of aliphatic hydroxyl groups is 1. The van der Waals surface area contributed by atoms with Crippen molar-refractivity contribution >= 4 is 0 Å². The first-order valence-electron chi connectivity index (χ1n) is 7.22. The molecule has 0 bridgehead atoms. The number of rotatable bonds is 6. The molecule has 2 heteroatoms. The predicted octanol–water partition coefficient (Wildman–Crippen LogP) is 3.07. The highest BCUT2D eigenvalue weighted by molar-refractivity contribution is 5.20. The summed E-state index contributed by atoms with van der Waals surface area (Å²) in [6.45, 7) is 2.87. The molecule has 0 aromatic heterocycles. The van der Waals surface area contributed by atoms with Crippen LogP contribution in [0.3, 0.4) is 0 Å². The van der Waals surface area contributed by atoms with Crippen molar-refractivity contribution in [1.82, 2.24) is 5.32 Å². The smallest absolute Gasteiger partial charge is 0.0518 e. The summed E-state index contributed by atoms with van der Waals surface area (Å²) in [5, 5.41) is 13.3. The van der Waals surface area contributed by atoms with Gasteiger partial charge in [0.15, 0.2) is 0 Å². The maximum atomic E-state index is 9.65. The molecule has 2 N–H and O–H groups in total. The lowest BCUT2D eigenvalue weighted by Gasteiger charge is -2.22. The molecule has 1 aliphatic rings. The van der Waals surface area contributed by atoms with Crippen LogP contribution in [0.25, 0.3) is 0 Å². The van der Waals surface area contributed by atoms with Gasteiger partial charge in [0.05, 0.1) is 6.10 Å². The molecule has 0 radical (unpaired) electrons. The second-order valence-corrected chi connectivity index (χ2v) is 5.58. The minimum Gasteiger partial charge on any atom is -0.393 e. The highest BCUT2D eigenvalue weighted by atomic mass is 16.3. The van der Waals surface area contributed by atoms with Crippen LogP contribution in [-0.2, 0) is 0 Å². The molecule has 2 unspecified atom stereocenters. The third-order valence-electron chi connectivity index (χ3n) is 3.90. The summed E-state index contributed by atoms with van der Waals surface area (Å²) in [6.07, 6.45) is 5.96. The Kier molecular flexibility index (Phi) is 5.21. The van der Waals surface area contributed by atoms with Gasteiger partial charge in [-0.2, -0.15) is 0 Å². The molecular formula is C16H25NO. The summed E-state index contributed by atoms with van der Waals surface area (Å²) in [5.41, 5.74) is 1.34. The number of hydrogen-bond donors (Lipinski definition) is 2. The van der Waals surface area contributed by atoms with Gasteiger partial charge < -0.3 is 10.4 Å². The van der Waals surface area contributed by atoms with E-state index >= 15 is 0 Å². The van der Waals surface area contributed by atoms with Gasteiger partial charge in [-0.05, 0) is 37.7 Å². The first-order chi connectivity index (χ1) is 8.75. The average Bonchev–Trinajstić information content (AvgIpc) is 2.88. The van der Waals surface area contributed by atoms with E-state index in [0.29, 0.717) is 12.0 Å². The van der Waals surface area contributed by atoms with Crippen molar-refractivity contribution in [3.05, 3.63) is 35.9 Å². The Labute approximate surface area is 110 Å². The number of nitrogens with one attached hydrogen (secondary N) is 1. The van der Waals surface area contributed by atoms with E-state index in [2.05, 4.69) is 29.6 Å². The van der Waals surface area contributed by atoms with Crippen LogP contribution >= 0.6 is 0 Å². The van der Waals surface area contributed by atoms with Gasteiger partial charge in [0.25, 0.3) is 0 Å². The molecule has 0 amide bonds. The van der Waals surface area contributed by atoms with Crippen LogP contribution in [0.2, 0.25) is 0 Å². The Morgan fingerprint density at radius 1 is 1.22 bits per heavy atom. The molecule has 0 heterocycles. The molecule has 1 aromatic carbocycles. The van der Waals surface area contributed by atoms with Crippen molar-refractivity contribution in [3.8, 4) is 0 Å². The third kappa shape index (κ3) is 4.11. The van der Waals surface area contributed by atoms with Crippen molar-refractivity contribution in [3.63, 3.8) is 0 Å². The first-order valence-corrected chi connectivity index (χ1v) is 7.22. The summed E-state index contributed by atoms with van der Waals surface area (Å²) in [5.74, 6) is 0.423. The Hall–Kier alpha value is -0.860. The van der Waals surface area contributed by atoms with E-state index in [4.69, 9.17) is 0 Å². The Balaban J connectivity index is 1.92. The van der Waals surface area contributed by atoms with Crippen molar-refractivity contribution in [2.45, 2.75) is 57.1 Å². The van der Waals surface area contributed by atoms with Gasteiger partial charge in [-0.15, -0.1) is 0 Å². The van der Waals surface area contributed by atoms with Gasteiger partial charge in [0, 0.05) is 12.6 Å². The summed E-state index contributed by atoms with van der Waals surface area (Å²) in [7, 11) is 0. The van der Waals surface area contributed by atoms with Crippen LogP contribution in [0.15, 0.2) is 30.3 Å². The van der Waals surface area contributed by atoms with Gasteiger partial charge in [-0.25, -0.2) is 0 Å². The van der Waals surface area contributed by atoms with Crippen molar-refractivity contribution in [2.75, 3.05) is 6.54 Å². The van der Waals surface area contributed by atoms with Crippen LogP contribution in [0, 0.1) is 0 Å². The topological polar surface area (TPSA) is 32.3 Å². The average molecular weight is 247 g/mol. The van der Waals surface area contributed by atoms with Crippen LogP contribution < -0.4 is 5.32 Å². The Morgan fingerprint density at radius 3 is 2.50 bits per heavy atom. The summed E-state index contributed by atoms with van der Waals surface area (Å²) < 4.78 is 0. The molecule has 0 saturated heterocycles. The number of hydrogen-bond acceptors (Lipinski definition) is 2. The van der Waals surface area contributed by atoms with E-state index in [9.17, 15) is 5.11 Å². The lowest BCUT2D eigenvalue weighted by Crippen LogP contribution is -2.31. The van der Waals surface area contributed by atoms with Gasteiger partial charge in [0.1, 0.15) is 0 Å². The predicted molar refractivity (Wildman–Crippen MR) is 75.7 cm³/mol. The Bertz CT molecular complexity index is 330. The molecule has 100 valence electrons. The molecule has 1 saturated carbocycles. The molecule has 2 rings (SSSR count). The monoisotopic (exact) mass is 247 g/mol. The molecule has 2 atom stereocenters. The zero-order valence-electron chi connectivity index (χ0n) is 11.3. The quantitative estimate of drug-likeness (QED) is 0.809. The highest BCUT2D eigenvalue weighted by Crippen LogP contribution is 2.23. The molecule has 0 spiro atoms. The van der Waals surface area contributed by atoms with Crippen LogP contribution in [0.5, 0.6) is 0 Å². The van der Waals surface area contributed by atoms with E-state index < -0.39 is 0 Å². The fraction of sp³-hybridized carbons (Fsp3) is 0.625.